The number of carbonyl (C=O) groups is 1. The van der Waals surface area contributed by atoms with Crippen molar-refractivity contribution >= 4 is 22.8 Å². The van der Waals surface area contributed by atoms with Crippen molar-refractivity contribution in [1.29, 1.82) is 0 Å². The van der Waals surface area contributed by atoms with Crippen LogP contribution in [-0.2, 0) is 15.7 Å². The third-order valence-electron chi connectivity index (χ3n) is 6.01. The summed E-state index contributed by atoms with van der Waals surface area (Å²) in [6, 6.07) is 14.4. The molecule has 2 N–H and O–H groups in total. The van der Waals surface area contributed by atoms with Crippen LogP contribution in [0.15, 0.2) is 53.5 Å². The van der Waals surface area contributed by atoms with Crippen molar-refractivity contribution in [3.63, 3.8) is 0 Å². The third-order valence-corrected chi connectivity index (χ3v) is 6.52. The Morgan fingerprint density at radius 3 is 2.07 bits per heavy atom. The number of nitrogens with two attached hydrogens (primary N) is 1. The Morgan fingerprint density at radius 2 is 1.63 bits per heavy atom. The summed E-state index contributed by atoms with van der Waals surface area (Å²) in [5, 5.41) is 12.6. The van der Waals surface area contributed by atoms with Crippen LogP contribution in [0.4, 0.5) is 0 Å². The largest absolute Gasteiger partial charge is 0.378 e. The molecule has 2 aromatic carbocycles. The first-order valence-electron chi connectivity index (χ1n) is 8.67. The normalized spacial score (nSPS) is 28.4. The highest BCUT2D eigenvalue weighted by atomic mass is 32.2. The van der Waals surface area contributed by atoms with Crippen LogP contribution in [-0.4, -0.2) is 22.3 Å². The Labute approximate surface area is 161 Å². The van der Waals surface area contributed by atoms with Gasteiger partial charge in [0.05, 0.1) is 0 Å². The zero-order valence-electron chi connectivity index (χ0n) is 15.0. The van der Waals surface area contributed by atoms with E-state index in [0.29, 0.717) is 22.3 Å². The minimum Gasteiger partial charge on any atom is -0.378 e. The van der Waals surface area contributed by atoms with E-state index in [0.717, 1.165) is 0 Å². The van der Waals surface area contributed by atoms with Gasteiger partial charge in [0.25, 0.3) is 11.4 Å². The van der Waals surface area contributed by atoms with E-state index in [2.05, 4.69) is 4.99 Å². The molecule has 0 spiro atoms. The first-order valence-corrected chi connectivity index (χ1v) is 9.90. The van der Waals surface area contributed by atoms with E-state index >= 15 is 0 Å². The second-order valence-electron chi connectivity index (χ2n) is 7.08. The van der Waals surface area contributed by atoms with Crippen molar-refractivity contribution in [2.75, 3.05) is 6.26 Å². The molecule has 0 radical (unpaired) electrons. The van der Waals surface area contributed by atoms with Crippen molar-refractivity contribution in [3.05, 3.63) is 80.9 Å². The lowest BCUT2D eigenvalue weighted by molar-refractivity contribution is -0.572. The molecule has 7 heteroatoms. The standard InChI is InChI=1S/C20H19N3O3S/c1-12-11-19(23(25)26)13-7-3-5-9-15(13)20(12,17(24)22-18(21)27-2)16-10-6-4-8-14(16)19/h3-10,12H,11H2,1-2H3,(H2,21,22,24). The van der Waals surface area contributed by atoms with Crippen molar-refractivity contribution in [1.82, 2.24) is 0 Å². The molecule has 1 atom stereocenters. The number of thioether (sulfide) groups is 1. The predicted octanol–water partition coefficient (Wildman–Crippen LogP) is 3.05. The number of amides is 1. The molecule has 2 bridgehead atoms. The van der Waals surface area contributed by atoms with Crippen molar-refractivity contribution < 1.29 is 9.72 Å². The van der Waals surface area contributed by atoms with Gasteiger partial charge < -0.3 is 5.73 Å². The van der Waals surface area contributed by atoms with Gasteiger partial charge in [0, 0.05) is 22.5 Å². The van der Waals surface area contributed by atoms with Gasteiger partial charge in [-0.05, 0) is 23.3 Å². The van der Waals surface area contributed by atoms with Gasteiger partial charge in [-0.2, -0.15) is 4.99 Å². The maximum absolute atomic E-state index is 13.5. The first-order chi connectivity index (χ1) is 12.9. The Kier molecular flexibility index (Phi) is 3.89. The number of nitrogens with zero attached hydrogens (tertiary/aromatic N) is 2. The quantitative estimate of drug-likeness (QED) is 0.373. The monoisotopic (exact) mass is 381 g/mol. The molecular weight excluding hydrogens is 362 g/mol. The van der Waals surface area contributed by atoms with Gasteiger partial charge >= 0.3 is 0 Å². The molecule has 1 amide bonds. The van der Waals surface area contributed by atoms with E-state index in [1.807, 2.05) is 31.2 Å². The Bertz CT molecular complexity index is 954. The van der Waals surface area contributed by atoms with Crippen LogP contribution in [0.3, 0.4) is 0 Å². The number of hydrogen-bond acceptors (Lipinski definition) is 4. The van der Waals surface area contributed by atoms with Crippen LogP contribution >= 0.6 is 11.8 Å². The fraction of sp³-hybridized carbons (Fsp3) is 0.300. The molecule has 0 aliphatic heterocycles. The lowest BCUT2D eigenvalue weighted by Crippen LogP contribution is -2.59. The van der Waals surface area contributed by atoms with Crippen molar-refractivity contribution in [3.8, 4) is 0 Å². The van der Waals surface area contributed by atoms with Crippen LogP contribution in [0.1, 0.15) is 35.6 Å². The number of hydrogen-bond donors (Lipinski definition) is 1. The minimum atomic E-state index is -1.34. The summed E-state index contributed by atoms with van der Waals surface area (Å²) in [5.74, 6) is -0.656. The average molecular weight is 381 g/mol. The highest BCUT2D eigenvalue weighted by Crippen LogP contribution is 2.62. The number of fused-ring (bicyclic) bond motifs is 1. The van der Waals surface area contributed by atoms with Gasteiger partial charge in [0.2, 0.25) is 0 Å². The molecule has 0 heterocycles. The van der Waals surface area contributed by atoms with Crippen LogP contribution in [0, 0.1) is 16.0 Å². The zero-order valence-corrected chi connectivity index (χ0v) is 15.8. The topological polar surface area (TPSA) is 98.6 Å². The number of carbonyl (C=O) groups excluding carboxylic acids is 1. The third kappa shape index (κ3) is 2.03. The van der Waals surface area contributed by atoms with E-state index in [-0.39, 0.29) is 28.3 Å². The van der Waals surface area contributed by atoms with Crippen molar-refractivity contribution in [2.24, 2.45) is 16.6 Å². The second kappa shape index (κ2) is 5.92. The van der Waals surface area contributed by atoms with Crippen LogP contribution < -0.4 is 5.73 Å². The zero-order chi connectivity index (χ0) is 19.4. The smallest absolute Gasteiger partial charge is 0.273 e. The van der Waals surface area contributed by atoms with Gasteiger partial charge in [-0.15, -0.1) is 0 Å². The van der Waals surface area contributed by atoms with Gasteiger partial charge in [0.1, 0.15) is 5.41 Å². The number of nitro groups is 1. The second-order valence-corrected chi connectivity index (χ2v) is 7.91. The highest BCUT2D eigenvalue weighted by Gasteiger charge is 2.68. The fourth-order valence-corrected chi connectivity index (χ4v) is 5.13. The summed E-state index contributed by atoms with van der Waals surface area (Å²) in [7, 11) is 0. The summed E-state index contributed by atoms with van der Waals surface area (Å²) in [5.41, 5.74) is 5.94. The van der Waals surface area contributed by atoms with Crippen LogP contribution in [0.5, 0.6) is 0 Å². The molecular formula is C20H19N3O3S. The molecule has 2 aromatic rings. The SMILES string of the molecule is CSC(N)=NC(=O)C12c3ccccc3C([N+](=O)[O-])(CC1C)c1ccccc12. The first kappa shape index (κ1) is 17.7. The lowest BCUT2D eigenvalue weighted by Gasteiger charge is -2.52. The summed E-state index contributed by atoms with van der Waals surface area (Å²) in [6.07, 6.45) is 2.00. The minimum absolute atomic E-state index is 0.188. The number of rotatable bonds is 2. The molecule has 0 fully saturated rings. The molecule has 0 saturated carbocycles. The molecule has 0 saturated heterocycles. The number of benzene rings is 2. The Hall–Kier alpha value is -2.67. The van der Waals surface area contributed by atoms with Gasteiger partial charge in [0.15, 0.2) is 5.17 Å². The average Bonchev–Trinajstić information content (AvgIpc) is 2.67. The Morgan fingerprint density at radius 1 is 1.15 bits per heavy atom. The van der Waals surface area contributed by atoms with E-state index in [9.17, 15) is 14.9 Å². The summed E-state index contributed by atoms with van der Waals surface area (Å²) < 4.78 is 0. The molecule has 138 valence electrons. The maximum atomic E-state index is 13.5. The maximum Gasteiger partial charge on any atom is 0.273 e. The molecule has 0 aromatic heterocycles. The summed E-state index contributed by atoms with van der Waals surface area (Å²) >= 11 is 1.21. The van der Waals surface area contributed by atoms with E-state index in [4.69, 9.17) is 5.73 Å². The molecule has 1 unspecified atom stereocenters. The highest BCUT2D eigenvalue weighted by molar-refractivity contribution is 8.13. The van der Waals surface area contributed by atoms with Gasteiger partial charge in [-0.1, -0.05) is 67.2 Å². The lowest BCUT2D eigenvalue weighted by atomic mass is 9.48. The fourth-order valence-electron chi connectivity index (χ4n) is 4.96. The molecule has 27 heavy (non-hydrogen) atoms. The van der Waals surface area contributed by atoms with E-state index in [1.54, 1.807) is 30.5 Å². The molecule has 6 nitrogen and oxygen atoms in total. The van der Waals surface area contributed by atoms with Gasteiger partial charge in [-0.3, -0.25) is 14.9 Å². The van der Waals surface area contributed by atoms with E-state index in [1.165, 1.54) is 11.8 Å². The van der Waals surface area contributed by atoms with Gasteiger partial charge in [-0.25, -0.2) is 0 Å². The Balaban J connectivity index is 2.14. The van der Waals surface area contributed by atoms with E-state index < -0.39 is 11.0 Å². The van der Waals surface area contributed by atoms with Crippen LogP contribution in [0.25, 0.3) is 0 Å². The molecule has 5 rings (SSSR count). The summed E-state index contributed by atoms with van der Waals surface area (Å²) in [4.78, 5) is 29.8. The summed E-state index contributed by atoms with van der Waals surface area (Å²) in [6.45, 7) is 1.90. The van der Waals surface area contributed by atoms with Crippen LogP contribution in [0.2, 0.25) is 0 Å². The predicted molar refractivity (Wildman–Crippen MR) is 105 cm³/mol. The number of amidine groups is 1. The molecule has 3 aliphatic rings. The molecule has 3 aliphatic carbocycles. The number of aliphatic imine (C=N–C) groups is 1. The van der Waals surface area contributed by atoms with Crippen molar-refractivity contribution in [2.45, 2.75) is 24.3 Å².